The van der Waals surface area contributed by atoms with Gasteiger partial charge in [0, 0.05) is 38.1 Å². The summed E-state index contributed by atoms with van der Waals surface area (Å²) in [7, 11) is 0. The monoisotopic (exact) mass is 421 g/mol. The molecule has 1 unspecified atom stereocenters. The molecule has 4 rings (SSSR count). The number of hydrogen-bond acceptors (Lipinski definition) is 3. The molecular weight excluding hydrogens is 393 g/mol. The topological polar surface area (TPSA) is 49.6 Å². The fourth-order valence-electron chi connectivity index (χ4n) is 4.33. The van der Waals surface area contributed by atoms with Crippen LogP contribution in [-0.2, 0) is 17.8 Å². The molecule has 1 amide bonds. The maximum atomic E-state index is 13.1. The molecule has 2 N–H and O–H groups in total. The summed E-state index contributed by atoms with van der Waals surface area (Å²) in [6.07, 6.45) is 1.01. The average molecular weight is 422 g/mol. The van der Waals surface area contributed by atoms with Crippen molar-refractivity contribution in [2.75, 3.05) is 19.6 Å². The summed E-state index contributed by atoms with van der Waals surface area (Å²) < 4.78 is 0. The van der Waals surface area contributed by atoms with Crippen LogP contribution in [0.4, 0.5) is 0 Å². The van der Waals surface area contributed by atoms with Crippen LogP contribution in [0.1, 0.15) is 29.5 Å². The Morgan fingerprint density at radius 3 is 2.36 bits per heavy atom. The van der Waals surface area contributed by atoms with Gasteiger partial charge in [0.2, 0.25) is 5.91 Å². The number of halogens is 2. The standard InChI is InChI=1S/C22H27N3O.2ClH/c1-16(24-12-11-17-7-5-6-10-19(17)13-24)22(26)25-14-20(21(23)15-25)18-8-3-2-4-9-18;;/h2-10,16,20-21H,11-15,23H2,1H3;2*1H/t16?,20-,21+;;/m0../s1. The number of likely N-dealkylation sites (tertiary alicyclic amines) is 1. The zero-order valence-electron chi connectivity index (χ0n) is 16.2. The van der Waals surface area contributed by atoms with Crippen LogP contribution in [0.15, 0.2) is 54.6 Å². The van der Waals surface area contributed by atoms with Crippen molar-refractivity contribution in [3.63, 3.8) is 0 Å². The van der Waals surface area contributed by atoms with Crippen LogP contribution in [0.3, 0.4) is 0 Å². The summed E-state index contributed by atoms with van der Waals surface area (Å²) in [5.41, 5.74) is 10.4. The summed E-state index contributed by atoms with van der Waals surface area (Å²) in [4.78, 5) is 17.4. The third-order valence-electron chi connectivity index (χ3n) is 5.97. The number of nitrogens with zero attached hydrogens (tertiary/aromatic N) is 2. The van der Waals surface area contributed by atoms with Gasteiger partial charge < -0.3 is 10.6 Å². The smallest absolute Gasteiger partial charge is 0.239 e. The second-order valence-electron chi connectivity index (χ2n) is 7.59. The molecule has 2 aliphatic heterocycles. The molecule has 0 saturated carbocycles. The van der Waals surface area contributed by atoms with E-state index in [1.54, 1.807) is 0 Å². The number of rotatable bonds is 3. The Kier molecular flexibility index (Phi) is 7.90. The number of hydrogen-bond donors (Lipinski definition) is 1. The number of benzene rings is 2. The fraction of sp³-hybridized carbons (Fsp3) is 0.409. The first-order valence-electron chi connectivity index (χ1n) is 9.53. The Labute approximate surface area is 179 Å². The van der Waals surface area contributed by atoms with Gasteiger partial charge in [-0.3, -0.25) is 9.69 Å². The number of fused-ring (bicyclic) bond motifs is 1. The minimum absolute atomic E-state index is 0. The van der Waals surface area contributed by atoms with Crippen molar-refractivity contribution in [3.8, 4) is 0 Å². The number of carbonyl (C=O) groups is 1. The van der Waals surface area contributed by atoms with Crippen molar-refractivity contribution < 1.29 is 4.79 Å². The molecule has 0 radical (unpaired) electrons. The van der Waals surface area contributed by atoms with Crippen molar-refractivity contribution in [1.82, 2.24) is 9.80 Å². The van der Waals surface area contributed by atoms with Crippen molar-refractivity contribution in [2.24, 2.45) is 5.73 Å². The second-order valence-corrected chi connectivity index (χ2v) is 7.59. The molecule has 28 heavy (non-hydrogen) atoms. The first-order chi connectivity index (χ1) is 12.6. The first-order valence-corrected chi connectivity index (χ1v) is 9.53. The molecule has 6 heteroatoms. The van der Waals surface area contributed by atoms with Crippen molar-refractivity contribution in [1.29, 1.82) is 0 Å². The minimum atomic E-state index is -0.106. The molecule has 0 bridgehead atoms. The van der Waals surface area contributed by atoms with Gasteiger partial charge >= 0.3 is 0 Å². The Morgan fingerprint density at radius 1 is 1.00 bits per heavy atom. The van der Waals surface area contributed by atoms with Gasteiger partial charge in [-0.2, -0.15) is 0 Å². The van der Waals surface area contributed by atoms with E-state index in [4.69, 9.17) is 5.73 Å². The highest BCUT2D eigenvalue weighted by molar-refractivity contribution is 5.85. The highest BCUT2D eigenvalue weighted by atomic mass is 35.5. The van der Waals surface area contributed by atoms with Gasteiger partial charge in [-0.25, -0.2) is 0 Å². The van der Waals surface area contributed by atoms with E-state index < -0.39 is 0 Å². The van der Waals surface area contributed by atoms with E-state index in [9.17, 15) is 4.79 Å². The lowest BCUT2D eigenvalue weighted by atomic mass is 9.95. The van der Waals surface area contributed by atoms with Crippen molar-refractivity contribution in [2.45, 2.75) is 37.9 Å². The third-order valence-corrected chi connectivity index (χ3v) is 5.97. The Balaban J connectivity index is 0.00000140. The summed E-state index contributed by atoms with van der Waals surface area (Å²) in [5, 5.41) is 0. The molecule has 4 nitrogen and oxygen atoms in total. The summed E-state index contributed by atoms with van der Waals surface area (Å²) in [5.74, 6) is 0.438. The molecule has 0 aliphatic carbocycles. The van der Waals surface area contributed by atoms with Gasteiger partial charge in [-0.05, 0) is 30.0 Å². The van der Waals surface area contributed by atoms with E-state index in [2.05, 4.69) is 41.3 Å². The Morgan fingerprint density at radius 2 is 1.64 bits per heavy atom. The molecule has 2 aromatic carbocycles. The molecule has 3 atom stereocenters. The molecule has 0 aromatic heterocycles. The zero-order chi connectivity index (χ0) is 18.1. The molecule has 2 aromatic rings. The molecule has 0 spiro atoms. The maximum Gasteiger partial charge on any atom is 0.239 e. The average Bonchev–Trinajstić information content (AvgIpc) is 3.09. The lowest BCUT2D eigenvalue weighted by Crippen LogP contribution is -2.48. The van der Waals surface area contributed by atoms with Gasteiger partial charge in [0.15, 0.2) is 0 Å². The molecule has 152 valence electrons. The number of carbonyl (C=O) groups excluding carboxylic acids is 1. The fourth-order valence-corrected chi connectivity index (χ4v) is 4.33. The predicted octanol–water partition coefficient (Wildman–Crippen LogP) is 3.23. The van der Waals surface area contributed by atoms with E-state index in [0.29, 0.717) is 6.54 Å². The summed E-state index contributed by atoms with van der Waals surface area (Å²) in [6, 6.07) is 18.8. The van der Waals surface area contributed by atoms with Crippen LogP contribution in [0.5, 0.6) is 0 Å². The second kappa shape index (κ2) is 9.75. The first kappa shape index (κ1) is 22.7. The third kappa shape index (κ3) is 4.52. The van der Waals surface area contributed by atoms with Crippen molar-refractivity contribution >= 4 is 30.7 Å². The highest BCUT2D eigenvalue weighted by Gasteiger charge is 2.37. The lowest BCUT2D eigenvalue weighted by molar-refractivity contribution is -0.135. The largest absolute Gasteiger partial charge is 0.339 e. The predicted molar refractivity (Wildman–Crippen MR) is 118 cm³/mol. The summed E-state index contributed by atoms with van der Waals surface area (Å²) >= 11 is 0. The number of nitrogens with two attached hydrogens (primary N) is 1. The molecule has 2 aliphatic rings. The van der Waals surface area contributed by atoms with E-state index in [0.717, 1.165) is 26.1 Å². The normalized spacial score (nSPS) is 22.6. The Bertz CT molecular complexity index is 782. The van der Waals surface area contributed by atoms with Gasteiger partial charge in [0.05, 0.1) is 6.04 Å². The van der Waals surface area contributed by atoms with E-state index in [1.165, 1.54) is 16.7 Å². The Hall–Kier alpha value is -1.59. The maximum absolute atomic E-state index is 13.1. The zero-order valence-corrected chi connectivity index (χ0v) is 17.8. The van der Waals surface area contributed by atoms with Crippen LogP contribution in [0, 0.1) is 0 Å². The summed E-state index contributed by atoms with van der Waals surface area (Å²) in [6.45, 7) is 5.20. The van der Waals surface area contributed by atoms with Gasteiger partial charge in [0.25, 0.3) is 0 Å². The van der Waals surface area contributed by atoms with Crippen LogP contribution < -0.4 is 5.73 Å². The van der Waals surface area contributed by atoms with Crippen LogP contribution >= 0.6 is 24.8 Å². The van der Waals surface area contributed by atoms with Gasteiger partial charge in [-0.15, -0.1) is 24.8 Å². The van der Waals surface area contributed by atoms with Gasteiger partial charge in [-0.1, -0.05) is 54.6 Å². The highest BCUT2D eigenvalue weighted by Crippen LogP contribution is 2.28. The SMILES string of the molecule is CC(C(=O)N1C[C@@H](N)[C@H](c2ccccc2)C1)N1CCc2ccccc2C1.Cl.Cl. The van der Waals surface area contributed by atoms with E-state index in [1.807, 2.05) is 30.0 Å². The van der Waals surface area contributed by atoms with E-state index >= 15 is 0 Å². The molecule has 1 saturated heterocycles. The lowest BCUT2D eigenvalue weighted by Gasteiger charge is -2.34. The number of amides is 1. The molecule has 1 fully saturated rings. The quantitative estimate of drug-likeness (QED) is 0.827. The van der Waals surface area contributed by atoms with Crippen LogP contribution in [-0.4, -0.2) is 47.4 Å². The van der Waals surface area contributed by atoms with Crippen LogP contribution in [0.2, 0.25) is 0 Å². The molecule has 2 heterocycles. The van der Waals surface area contributed by atoms with Crippen molar-refractivity contribution in [3.05, 3.63) is 71.3 Å². The minimum Gasteiger partial charge on any atom is -0.339 e. The molecular formula is C22H29Cl2N3O. The van der Waals surface area contributed by atoms with E-state index in [-0.39, 0.29) is 48.7 Å². The van der Waals surface area contributed by atoms with Crippen LogP contribution in [0.25, 0.3) is 0 Å². The van der Waals surface area contributed by atoms with Gasteiger partial charge in [0.1, 0.15) is 0 Å².